The molecule has 1 aliphatic rings. The first-order chi connectivity index (χ1) is 15.6. The zero-order valence-corrected chi connectivity index (χ0v) is 18.6. The lowest BCUT2D eigenvalue weighted by Crippen LogP contribution is -2.46. The molecule has 0 saturated carbocycles. The maximum absolute atomic E-state index is 12.1. The quantitative estimate of drug-likeness (QED) is 0.580. The second-order valence-electron chi connectivity index (χ2n) is 8.27. The highest BCUT2D eigenvalue weighted by atomic mass is 16.3. The van der Waals surface area contributed by atoms with Gasteiger partial charge in [0.15, 0.2) is 0 Å². The lowest BCUT2D eigenvalue weighted by Gasteiger charge is -2.36. The normalized spacial score (nSPS) is 14.3. The Hall–Kier alpha value is -3.31. The number of carbonyl (C=O) groups is 1. The van der Waals surface area contributed by atoms with E-state index in [2.05, 4.69) is 33.3 Å². The van der Waals surface area contributed by atoms with Crippen LogP contribution in [0, 0.1) is 0 Å². The van der Waals surface area contributed by atoms with Gasteiger partial charge < -0.3 is 15.3 Å². The van der Waals surface area contributed by atoms with E-state index in [9.17, 15) is 9.90 Å². The number of amides is 1. The second kappa shape index (κ2) is 10.3. The predicted octanol–water partition coefficient (Wildman–Crippen LogP) is 4.52. The molecule has 1 amide bonds. The minimum absolute atomic E-state index is 0.00591. The van der Waals surface area contributed by atoms with Crippen LogP contribution in [0.4, 0.5) is 5.69 Å². The monoisotopic (exact) mass is 429 g/mol. The van der Waals surface area contributed by atoms with Gasteiger partial charge in [0.05, 0.1) is 0 Å². The number of aromatic hydroxyl groups is 1. The molecule has 0 spiro atoms. The number of nitrogens with one attached hydrogen (secondary N) is 1. The van der Waals surface area contributed by atoms with Crippen LogP contribution in [0.2, 0.25) is 0 Å². The third-order valence-corrected chi connectivity index (χ3v) is 5.97. The van der Waals surface area contributed by atoms with Crippen molar-refractivity contribution in [2.24, 2.45) is 0 Å². The summed E-state index contributed by atoms with van der Waals surface area (Å²) in [6, 6.07) is 23.8. The summed E-state index contributed by atoms with van der Waals surface area (Å²) < 4.78 is 0. The Morgan fingerprint density at radius 1 is 0.938 bits per heavy atom. The van der Waals surface area contributed by atoms with Gasteiger partial charge in [0, 0.05) is 50.5 Å². The fraction of sp³-hybridized carbons (Fsp3) is 0.296. The summed E-state index contributed by atoms with van der Waals surface area (Å²) in [4.78, 5) is 17.0. The van der Waals surface area contributed by atoms with E-state index in [1.807, 2.05) is 55.5 Å². The average Bonchev–Trinajstić information content (AvgIpc) is 2.83. The van der Waals surface area contributed by atoms with Gasteiger partial charge >= 0.3 is 0 Å². The summed E-state index contributed by atoms with van der Waals surface area (Å²) >= 11 is 0. The van der Waals surface area contributed by atoms with Gasteiger partial charge in [0.1, 0.15) is 5.75 Å². The molecule has 5 heteroatoms. The summed E-state index contributed by atoms with van der Waals surface area (Å²) in [7, 11) is 0. The van der Waals surface area contributed by atoms with Crippen LogP contribution in [0.1, 0.15) is 29.3 Å². The Balaban J connectivity index is 1.36. The van der Waals surface area contributed by atoms with Crippen LogP contribution in [0.25, 0.3) is 11.1 Å². The van der Waals surface area contributed by atoms with Crippen LogP contribution in [0.3, 0.4) is 0 Å². The minimum atomic E-state index is -0.00591. The highest BCUT2D eigenvalue weighted by Crippen LogP contribution is 2.28. The van der Waals surface area contributed by atoms with E-state index in [1.54, 1.807) is 6.07 Å². The number of hydrogen-bond donors (Lipinski definition) is 2. The van der Waals surface area contributed by atoms with Crippen LogP contribution >= 0.6 is 0 Å². The number of nitrogens with zero attached hydrogens (tertiary/aromatic N) is 2. The maximum atomic E-state index is 12.1. The number of hydrogen-bond acceptors (Lipinski definition) is 4. The molecule has 32 heavy (non-hydrogen) atoms. The largest absolute Gasteiger partial charge is 0.508 e. The van der Waals surface area contributed by atoms with Gasteiger partial charge in [-0.1, -0.05) is 43.3 Å². The van der Waals surface area contributed by atoms with Crippen molar-refractivity contribution in [3.05, 3.63) is 83.9 Å². The first-order valence-corrected chi connectivity index (χ1v) is 11.4. The lowest BCUT2D eigenvalue weighted by molar-refractivity contribution is 0.0953. The summed E-state index contributed by atoms with van der Waals surface area (Å²) in [5.41, 5.74) is 5.36. The van der Waals surface area contributed by atoms with E-state index in [-0.39, 0.29) is 5.91 Å². The topological polar surface area (TPSA) is 55.8 Å². The zero-order valence-electron chi connectivity index (χ0n) is 18.6. The Kier molecular flexibility index (Phi) is 7.07. The van der Waals surface area contributed by atoms with Crippen molar-refractivity contribution < 1.29 is 9.90 Å². The molecule has 1 aliphatic heterocycles. The van der Waals surface area contributed by atoms with Crippen LogP contribution in [0.15, 0.2) is 72.8 Å². The summed E-state index contributed by atoms with van der Waals surface area (Å²) in [5, 5.41) is 12.8. The maximum Gasteiger partial charge on any atom is 0.251 e. The number of rotatable bonds is 7. The molecule has 3 aromatic rings. The van der Waals surface area contributed by atoms with E-state index in [0.29, 0.717) is 17.9 Å². The molecule has 5 nitrogen and oxygen atoms in total. The molecule has 0 aromatic heterocycles. The molecule has 0 unspecified atom stereocenters. The van der Waals surface area contributed by atoms with Gasteiger partial charge in [-0.25, -0.2) is 0 Å². The molecule has 1 fully saturated rings. The molecule has 0 radical (unpaired) electrons. The molecule has 1 saturated heterocycles. The molecule has 0 aliphatic carbocycles. The number of phenols is 1. The van der Waals surface area contributed by atoms with Crippen molar-refractivity contribution >= 4 is 11.6 Å². The minimum Gasteiger partial charge on any atom is -0.508 e. The molecule has 4 rings (SSSR count). The van der Waals surface area contributed by atoms with Gasteiger partial charge in [0.25, 0.3) is 5.91 Å². The van der Waals surface area contributed by atoms with E-state index < -0.39 is 0 Å². The van der Waals surface area contributed by atoms with Crippen molar-refractivity contribution in [2.45, 2.75) is 19.9 Å². The highest BCUT2D eigenvalue weighted by Gasteiger charge is 2.19. The van der Waals surface area contributed by atoms with E-state index in [1.165, 1.54) is 11.1 Å². The van der Waals surface area contributed by atoms with Gasteiger partial charge in [-0.15, -0.1) is 0 Å². The summed E-state index contributed by atoms with van der Waals surface area (Å²) in [6.45, 7) is 7.51. The number of phenolic OH excluding ortho intramolecular Hbond substituents is 1. The van der Waals surface area contributed by atoms with Crippen molar-refractivity contribution in [3.8, 4) is 16.9 Å². The van der Waals surface area contributed by atoms with E-state index in [0.717, 1.165) is 50.4 Å². The number of carbonyl (C=O) groups excluding carboxylic acids is 1. The lowest BCUT2D eigenvalue weighted by atomic mass is 9.99. The number of anilines is 1. The summed E-state index contributed by atoms with van der Waals surface area (Å²) in [6.07, 6.45) is 0.937. The molecule has 0 bridgehead atoms. The smallest absolute Gasteiger partial charge is 0.251 e. The van der Waals surface area contributed by atoms with Gasteiger partial charge in [-0.05, 0) is 59.5 Å². The zero-order chi connectivity index (χ0) is 22.3. The van der Waals surface area contributed by atoms with E-state index in [4.69, 9.17) is 0 Å². The number of benzene rings is 3. The van der Waals surface area contributed by atoms with Crippen LogP contribution in [0.5, 0.6) is 5.75 Å². The SMILES string of the molecule is CCCNC(=O)c1ccc(N2CCN(Cc3ccccc3-c3cccc(O)c3)CC2)cc1. The van der Waals surface area contributed by atoms with Crippen LogP contribution in [-0.2, 0) is 6.54 Å². The molecular weight excluding hydrogens is 398 g/mol. The van der Waals surface area contributed by atoms with Crippen molar-refractivity contribution in [1.82, 2.24) is 10.2 Å². The molecule has 0 atom stereocenters. The molecule has 2 N–H and O–H groups in total. The molecule has 3 aromatic carbocycles. The third-order valence-electron chi connectivity index (χ3n) is 5.97. The first-order valence-electron chi connectivity index (χ1n) is 11.4. The Morgan fingerprint density at radius 3 is 2.41 bits per heavy atom. The van der Waals surface area contributed by atoms with Gasteiger partial charge in [0.2, 0.25) is 0 Å². The Morgan fingerprint density at radius 2 is 1.69 bits per heavy atom. The Bertz CT molecular complexity index is 1040. The fourth-order valence-corrected chi connectivity index (χ4v) is 4.18. The predicted molar refractivity (Wildman–Crippen MR) is 130 cm³/mol. The van der Waals surface area contributed by atoms with Crippen LogP contribution in [-0.4, -0.2) is 48.6 Å². The standard InChI is InChI=1S/C27H31N3O2/c1-2-14-28-27(32)21-10-12-24(13-11-21)30-17-15-29(16-18-30)20-23-6-3-4-9-26(23)22-7-5-8-25(31)19-22/h3-13,19,31H,2,14-18,20H2,1H3,(H,28,32). The number of piperazine rings is 1. The molecule has 1 heterocycles. The van der Waals surface area contributed by atoms with Crippen molar-refractivity contribution in [3.63, 3.8) is 0 Å². The van der Waals surface area contributed by atoms with E-state index >= 15 is 0 Å². The average molecular weight is 430 g/mol. The van der Waals surface area contributed by atoms with Gasteiger partial charge in [-0.2, -0.15) is 0 Å². The van der Waals surface area contributed by atoms with Crippen LogP contribution < -0.4 is 10.2 Å². The summed E-state index contributed by atoms with van der Waals surface area (Å²) in [5.74, 6) is 0.286. The van der Waals surface area contributed by atoms with Crippen molar-refractivity contribution in [1.29, 1.82) is 0 Å². The van der Waals surface area contributed by atoms with Crippen molar-refractivity contribution in [2.75, 3.05) is 37.6 Å². The fourth-order valence-electron chi connectivity index (χ4n) is 4.18. The third kappa shape index (κ3) is 5.29. The molecular formula is C27H31N3O2. The molecule has 166 valence electrons. The highest BCUT2D eigenvalue weighted by molar-refractivity contribution is 5.94. The van der Waals surface area contributed by atoms with Gasteiger partial charge in [-0.3, -0.25) is 9.69 Å². The Labute approximate surface area is 190 Å². The first kappa shape index (κ1) is 21.9. The second-order valence-corrected chi connectivity index (χ2v) is 8.27.